The zero-order chi connectivity index (χ0) is 14.9. The molecule has 2 nitrogen and oxygen atoms in total. The highest BCUT2D eigenvalue weighted by Gasteiger charge is 2.10. The van der Waals surface area contributed by atoms with E-state index in [4.69, 9.17) is 0 Å². The van der Waals surface area contributed by atoms with E-state index in [-0.39, 0.29) is 0 Å². The van der Waals surface area contributed by atoms with Crippen molar-refractivity contribution in [2.45, 2.75) is 45.6 Å². The average Bonchev–Trinajstić information content (AvgIpc) is 2.53. The minimum Gasteiger partial charge on any atom is -0.310 e. The van der Waals surface area contributed by atoms with Crippen LogP contribution in [0, 0.1) is 0 Å². The predicted molar refractivity (Wildman–Crippen MR) is 89.4 cm³/mol. The molecular formula is C19H26N2. The maximum Gasteiger partial charge on any atom is 0.0323 e. The molecule has 0 aliphatic rings. The van der Waals surface area contributed by atoms with Gasteiger partial charge in [0.25, 0.3) is 0 Å². The first-order valence-corrected chi connectivity index (χ1v) is 8.04. The molecule has 1 unspecified atom stereocenters. The van der Waals surface area contributed by atoms with Gasteiger partial charge < -0.3 is 5.32 Å². The number of hydrogen-bond donors (Lipinski definition) is 1. The van der Waals surface area contributed by atoms with Crippen LogP contribution in [0.25, 0.3) is 0 Å². The first-order valence-electron chi connectivity index (χ1n) is 8.04. The van der Waals surface area contributed by atoms with Crippen LogP contribution in [0.2, 0.25) is 0 Å². The summed E-state index contributed by atoms with van der Waals surface area (Å²) in [7, 11) is 0. The van der Waals surface area contributed by atoms with Crippen molar-refractivity contribution in [2.75, 3.05) is 6.54 Å². The third-order valence-electron chi connectivity index (χ3n) is 3.81. The number of rotatable bonds is 8. The SMILES string of the molecule is CCCc1cccc(C(CCc2ccncc2)NCC)c1. The highest BCUT2D eigenvalue weighted by Crippen LogP contribution is 2.21. The van der Waals surface area contributed by atoms with Crippen molar-refractivity contribution in [2.24, 2.45) is 0 Å². The number of nitrogens with one attached hydrogen (secondary N) is 1. The molecule has 21 heavy (non-hydrogen) atoms. The predicted octanol–water partition coefficient (Wildman–Crippen LogP) is 4.32. The Labute approximate surface area is 128 Å². The normalized spacial score (nSPS) is 12.3. The standard InChI is InChI=1S/C19H26N2/c1-3-6-17-7-5-8-18(15-17)19(21-4-2)10-9-16-11-13-20-14-12-16/h5,7-8,11-15,19,21H,3-4,6,9-10H2,1-2H3. The zero-order valence-electron chi connectivity index (χ0n) is 13.2. The van der Waals surface area contributed by atoms with Crippen molar-refractivity contribution in [3.05, 3.63) is 65.5 Å². The minimum atomic E-state index is 0.431. The number of pyridine rings is 1. The monoisotopic (exact) mass is 282 g/mol. The number of benzene rings is 1. The molecule has 1 aromatic heterocycles. The first-order chi connectivity index (χ1) is 10.3. The van der Waals surface area contributed by atoms with E-state index in [1.54, 1.807) is 0 Å². The van der Waals surface area contributed by atoms with Crippen LogP contribution in [-0.4, -0.2) is 11.5 Å². The highest BCUT2D eigenvalue weighted by molar-refractivity contribution is 5.26. The lowest BCUT2D eigenvalue weighted by Gasteiger charge is -2.19. The summed E-state index contributed by atoms with van der Waals surface area (Å²) in [5.74, 6) is 0. The third kappa shape index (κ3) is 4.98. The van der Waals surface area contributed by atoms with Gasteiger partial charge in [-0.2, -0.15) is 0 Å². The van der Waals surface area contributed by atoms with Gasteiger partial charge in [-0.15, -0.1) is 0 Å². The molecule has 0 saturated heterocycles. The molecular weight excluding hydrogens is 256 g/mol. The van der Waals surface area contributed by atoms with Gasteiger partial charge in [0.1, 0.15) is 0 Å². The van der Waals surface area contributed by atoms with E-state index in [1.165, 1.54) is 23.1 Å². The summed E-state index contributed by atoms with van der Waals surface area (Å²) in [6.07, 6.45) is 8.31. The van der Waals surface area contributed by atoms with Crippen LogP contribution >= 0.6 is 0 Å². The van der Waals surface area contributed by atoms with Gasteiger partial charge in [-0.1, -0.05) is 44.5 Å². The largest absolute Gasteiger partial charge is 0.310 e. The Morgan fingerprint density at radius 2 is 1.81 bits per heavy atom. The molecule has 1 atom stereocenters. The second-order valence-electron chi connectivity index (χ2n) is 5.50. The van der Waals surface area contributed by atoms with Gasteiger partial charge in [0.2, 0.25) is 0 Å². The van der Waals surface area contributed by atoms with Crippen molar-refractivity contribution in [1.82, 2.24) is 10.3 Å². The van der Waals surface area contributed by atoms with Crippen LogP contribution in [0.4, 0.5) is 0 Å². The van der Waals surface area contributed by atoms with Crippen LogP contribution in [0.5, 0.6) is 0 Å². The molecule has 1 N–H and O–H groups in total. The molecule has 1 heterocycles. The summed E-state index contributed by atoms with van der Waals surface area (Å²) in [5, 5.41) is 3.62. The Bertz CT molecular complexity index is 522. The third-order valence-corrected chi connectivity index (χ3v) is 3.81. The van der Waals surface area contributed by atoms with Gasteiger partial charge >= 0.3 is 0 Å². The molecule has 0 aliphatic heterocycles. The molecule has 0 radical (unpaired) electrons. The molecule has 1 aromatic carbocycles. The Balaban J connectivity index is 2.05. The molecule has 0 saturated carbocycles. The van der Waals surface area contributed by atoms with Gasteiger partial charge in [0, 0.05) is 18.4 Å². The van der Waals surface area contributed by atoms with E-state index in [9.17, 15) is 0 Å². The van der Waals surface area contributed by atoms with Gasteiger partial charge in [-0.25, -0.2) is 0 Å². The van der Waals surface area contributed by atoms with Crippen LogP contribution in [0.15, 0.2) is 48.8 Å². The van der Waals surface area contributed by atoms with Crippen molar-refractivity contribution in [3.8, 4) is 0 Å². The second kappa shape index (κ2) is 8.58. The minimum absolute atomic E-state index is 0.431. The second-order valence-corrected chi connectivity index (χ2v) is 5.50. The topological polar surface area (TPSA) is 24.9 Å². The molecule has 2 heteroatoms. The lowest BCUT2D eigenvalue weighted by molar-refractivity contribution is 0.515. The Morgan fingerprint density at radius 1 is 1.00 bits per heavy atom. The van der Waals surface area contributed by atoms with Crippen molar-refractivity contribution >= 4 is 0 Å². The average molecular weight is 282 g/mol. The highest BCUT2D eigenvalue weighted by atomic mass is 14.9. The van der Waals surface area contributed by atoms with E-state index >= 15 is 0 Å². The maximum atomic E-state index is 4.08. The fraction of sp³-hybridized carbons (Fsp3) is 0.421. The smallest absolute Gasteiger partial charge is 0.0323 e. The number of hydrogen-bond acceptors (Lipinski definition) is 2. The van der Waals surface area contributed by atoms with E-state index < -0.39 is 0 Å². The van der Waals surface area contributed by atoms with Gasteiger partial charge in [0.05, 0.1) is 0 Å². The summed E-state index contributed by atoms with van der Waals surface area (Å²) >= 11 is 0. The van der Waals surface area contributed by atoms with E-state index in [2.05, 4.69) is 60.5 Å². The molecule has 0 bridgehead atoms. The van der Waals surface area contributed by atoms with Crippen LogP contribution < -0.4 is 5.32 Å². The van der Waals surface area contributed by atoms with Crippen molar-refractivity contribution in [1.29, 1.82) is 0 Å². The van der Waals surface area contributed by atoms with Gasteiger partial charge in [-0.05, 0) is 54.6 Å². The molecule has 0 spiro atoms. The van der Waals surface area contributed by atoms with Crippen LogP contribution in [0.1, 0.15) is 49.4 Å². The van der Waals surface area contributed by atoms with E-state index in [0.29, 0.717) is 6.04 Å². The Hall–Kier alpha value is -1.67. The quantitative estimate of drug-likeness (QED) is 0.780. The number of aryl methyl sites for hydroxylation is 2. The Morgan fingerprint density at radius 3 is 2.52 bits per heavy atom. The molecule has 2 aromatic rings. The van der Waals surface area contributed by atoms with Crippen molar-refractivity contribution in [3.63, 3.8) is 0 Å². The van der Waals surface area contributed by atoms with E-state index in [1.807, 2.05) is 12.4 Å². The fourth-order valence-corrected chi connectivity index (χ4v) is 2.75. The summed E-state index contributed by atoms with van der Waals surface area (Å²) in [5.41, 5.74) is 4.22. The number of nitrogens with zero attached hydrogens (tertiary/aromatic N) is 1. The van der Waals surface area contributed by atoms with Crippen molar-refractivity contribution < 1.29 is 0 Å². The molecule has 0 fully saturated rings. The van der Waals surface area contributed by atoms with Crippen LogP contribution in [0.3, 0.4) is 0 Å². The fourth-order valence-electron chi connectivity index (χ4n) is 2.75. The molecule has 112 valence electrons. The maximum absolute atomic E-state index is 4.08. The zero-order valence-corrected chi connectivity index (χ0v) is 13.2. The summed E-state index contributed by atoms with van der Waals surface area (Å²) < 4.78 is 0. The van der Waals surface area contributed by atoms with E-state index in [0.717, 1.165) is 25.8 Å². The summed E-state index contributed by atoms with van der Waals surface area (Å²) in [6.45, 7) is 5.41. The van der Waals surface area contributed by atoms with Gasteiger partial charge in [-0.3, -0.25) is 4.98 Å². The summed E-state index contributed by atoms with van der Waals surface area (Å²) in [4.78, 5) is 4.08. The molecule has 2 rings (SSSR count). The lowest BCUT2D eigenvalue weighted by Crippen LogP contribution is -2.21. The Kier molecular flexibility index (Phi) is 6.42. The number of aromatic nitrogens is 1. The van der Waals surface area contributed by atoms with Crippen LogP contribution in [-0.2, 0) is 12.8 Å². The summed E-state index contributed by atoms with van der Waals surface area (Å²) in [6, 6.07) is 13.7. The molecule has 0 aliphatic carbocycles. The molecule has 0 amide bonds. The van der Waals surface area contributed by atoms with Gasteiger partial charge in [0.15, 0.2) is 0 Å². The lowest BCUT2D eigenvalue weighted by atomic mass is 9.97. The first kappa shape index (κ1) is 15.7.